The van der Waals surface area contributed by atoms with Gasteiger partial charge in [-0.1, -0.05) is 58.8 Å². The topological polar surface area (TPSA) is 0 Å². The fourth-order valence-electron chi connectivity index (χ4n) is 1.52. The molecule has 0 aliphatic carbocycles. The molecule has 1 atom stereocenters. The van der Waals surface area contributed by atoms with Crippen molar-refractivity contribution < 1.29 is 0 Å². The lowest BCUT2D eigenvalue weighted by molar-refractivity contribution is 0.582. The molecule has 0 saturated heterocycles. The SMILES string of the molecule is CCCCCC(CCCC)[SiH](Cl)Cl. The quantitative estimate of drug-likeness (QED) is 0.324. The molecule has 0 aliphatic heterocycles. The summed E-state index contributed by atoms with van der Waals surface area (Å²) in [6.07, 6.45) is 9.00. The van der Waals surface area contributed by atoms with Crippen LogP contribution in [0, 0.1) is 0 Å². The van der Waals surface area contributed by atoms with Crippen LogP contribution in [-0.2, 0) is 0 Å². The van der Waals surface area contributed by atoms with Crippen LogP contribution < -0.4 is 0 Å². The zero-order valence-corrected chi connectivity index (χ0v) is 11.5. The smallest absolute Gasteiger partial charge is 0.150 e. The van der Waals surface area contributed by atoms with E-state index in [1.807, 2.05) is 0 Å². The lowest BCUT2D eigenvalue weighted by Gasteiger charge is -2.15. The molecule has 0 bridgehead atoms. The maximum Gasteiger partial charge on any atom is 0.240 e. The predicted octanol–water partition coefficient (Wildman–Crippen LogP) is 4.83. The van der Waals surface area contributed by atoms with Gasteiger partial charge in [-0.2, -0.15) is 22.2 Å². The maximum absolute atomic E-state index is 6.06. The molecule has 0 aromatic heterocycles. The molecule has 3 heteroatoms. The van der Waals surface area contributed by atoms with E-state index in [1.165, 1.54) is 44.9 Å². The Morgan fingerprint density at radius 3 is 1.92 bits per heavy atom. The Bertz CT molecular complexity index is 107. The van der Waals surface area contributed by atoms with E-state index in [0.717, 1.165) is 0 Å². The normalized spacial score (nSPS) is 13.6. The Morgan fingerprint density at radius 2 is 1.46 bits per heavy atom. The first-order valence-corrected chi connectivity index (χ1v) is 9.66. The second-order valence-electron chi connectivity index (χ2n) is 3.73. The Balaban J connectivity index is 3.54. The number of hydrogen-bond donors (Lipinski definition) is 0. The molecule has 0 rings (SSSR count). The Kier molecular flexibility index (Phi) is 9.93. The molecule has 0 aromatic carbocycles. The molecule has 0 fully saturated rings. The molecular weight excluding hydrogens is 219 g/mol. The monoisotopic (exact) mass is 240 g/mol. The predicted molar refractivity (Wildman–Crippen MR) is 66.3 cm³/mol. The average Bonchev–Trinajstić information content (AvgIpc) is 2.10. The molecule has 0 heterocycles. The summed E-state index contributed by atoms with van der Waals surface area (Å²) < 4.78 is 0. The second kappa shape index (κ2) is 9.36. The number of rotatable bonds is 8. The fourth-order valence-corrected chi connectivity index (χ4v) is 4.01. The zero-order chi connectivity index (χ0) is 10.1. The zero-order valence-electron chi connectivity index (χ0n) is 8.86. The van der Waals surface area contributed by atoms with E-state index < -0.39 is 7.42 Å². The highest BCUT2D eigenvalue weighted by Crippen LogP contribution is 2.29. The number of unbranched alkanes of at least 4 members (excludes halogenated alkanes) is 3. The molecule has 0 spiro atoms. The molecule has 1 unspecified atom stereocenters. The van der Waals surface area contributed by atoms with E-state index in [0.29, 0.717) is 5.54 Å². The van der Waals surface area contributed by atoms with Crippen LogP contribution in [0.3, 0.4) is 0 Å². The summed E-state index contributed by atoms with van der Waals surface area (Å²) in [5.41, 5.74) is 0.662. The van der Waals surface area contributed by atoms with Gasteiger partial charge in [0.05, 0.1) is 0 Å². The lowest BCUT2D eigenvalue weighted by atomic mass is 10.1. The highest BCUT2D eigenvalue weighted by molar-refractivity contribution is 7.34. The minimum absolute atomic E-state index is 0.662. The van der Waals surface area contributed by atoms with Crippen molar-refractivity contribution in [1.82, 2.24) is 0 Å². The number of halogens is 2. The minimum Gasteiger partial charge on any atom is -0.150 e. The highest BCUT2D eigenvalue weighted by Gasteiger charge is 2.17. The Morgan fingerprint density at radius 1 is 0.923 bits per heavy atom. The van der Waals surface area contributed by atoms with Crippen molar-refractivity contribution >= 4 is 29.6 Å². The summed E-state index contributed by atoms with van der Waals surface area (Å²) in [4.78, 5) is 0. The molecule has 0 N–H and O–H groups in total. The van der Waals surface area contributed by atoms with E-state index >= 15 is 0 Å². The molecule has 80 valence electrons. The summed E-state index contributed by atoms with van der Waals surface area (Å²) in [5, 5.41) is 0. The van der Waals surface area contributed by atoms with Gasteiger partial charge in [0.15, 0.2) is 0 Å². The van der Waals surface area contributed by atoms with E-state index in [2.05, 4.69) is 13.8 Å². The van der Waals surface area contributed by atoms with Gasteiger partial charge in [0.2, 0.25) is 7.42 Å². The van der Waals surface area contributed by atoms with E-state index in [4.69, 9.17) is 22.2 Å². The molecule has 13 heavy (non-hydrogen) atoms. The molecule has 0 saturated carbocycles. The third-order valence-corrected chi connectivity index (χ3v) is 5.98. The Labute approximate surface area is 94.0 Å². The van der Waals surface area contributed by atoms with Crippen LogP contribution in [0.25, 0.3) is 0 Å². The van der Waals surface area contributed by atoms with Gasteiger partial charge in [0.25, 0.3) is 0 Å². The fraction of sp³-hybridized carbons (Fsp3) is 1.00. The molecule has 0 aromatic rings. The van der Waals surface area contributed by atoms with Crippen molar-refractivity contribution in [2.75, 3.05) is 0 Å². The standard InChI is InChI=1S/C10H22Cl2Si/c1-3-5-7-9-10(13(11)12)8-6-4-2/h10,13H,3-9H2,1-2H3. The summed E-state index contributed by atoms with van der Waals surface area (Å²) in [7, 11) is -1.42. The van der Waals surface area contributed by atoms with E-state index in [9.17, 15) is 0 Å². The number of hydrogen-bond acceptors (Lipinski definition) is 0. The van der Waals surface area contributed by atoms with Crippen molar-refractivity contribution in [3.63, 3.8) is 0 Å². The first-order valence-electron chi connectivity index (χ1n) is 5.50. The van der Waals surface area contributed by atoms with Gasteiger partial charge in [-0.05, 0) is 5.54 Å². The van der Waals surface area contributed by atoms with Gasteiger partial charge in [-0.3, -0.25) is 0 Å². The minimum atomic E-state index is -1.42. The maximum atomic E-state index is 6.06. The average molecular weight is 241 g/mol. The van der Waals surface area contributed by atoms with E-state index in [1.54, 1.807) is 0 Å². The summed E-state index contributed by atoms with van der Waals surface area (Å²) >= 11 is 12.1. The van der Waals surface area contributed by atoms with Crippen molar-refractivity contribution in [2.45, 2.75) is 64.3 Å². The van der Waals surface area contributed by atoms with Crippen LogP contribution in [0.4, 0.5) is 0 Å². The molecule has 0 aliphatic rings. The van der Waals surface area contributed by atoms with Crippen LogP contribution in [0.5, 0.6) is 0 Å². The third kappa shape index (κ3) is 7.84. The van der Waals surface area contributed by atoms with Crippen LogP contribution in [0.15, 0.2) is 0 Å². The first-order chi connectivity index (χ1) is 6.22. The van der Waals surface area contributed by atoms with Crippen molar-refractivity contribution in [2.24, 2.45) is 0 Å². The van der Waals surface area contributed by atoms with Gasteiger partial charge in [0, 0.05) is 0 Å². The van der Waals surface area contributed by atoms with Gasteiger partial charge in [0.1, 0.15) is 0 Å². The summed E-state index contributed by atoms with van der Waals surface area (Å²) in [6, 6.07) is 0. The molecule has 0 nitrogen and oxygen atoms in total. The summed E-state index contributed by atoms with van der Waals surface area (Å²) in [5.74, 6) is 0. The molecule has 0 radical (unpaired) electrons. The van der Waals surface area contributed by atoms with Gasteiger partial charge in [-0.25, -0.2) is 0 Å². The van der Waals surface area contributed by atoms with Crippen LogP contribution in [0.2, 0.25) is 5.54 Å². The van der Waals surface area contributed by atoms with Crippen molar-refractivity contribution in [3.8, 4) is 0 Å². The van der Waals surface area contributed by atoms with Crippen molar-refractivity contribution in [1.29, 1.82) is 0 Å². The van der Waals surface area contributed by atoms with Crippen LogP contribution >= 0.6 is 22.2 Å². The van der Waals surface area contributed by atoms with Gasteiger partial charge >= 0.3 is 0 Å². The van der Waals surface area contributed by atoms with Crippen LogP contribution in [-0.4, -0.2) is 7.42 Å². The second-order valence-corrected chi connectivity index (χ2v) is 8.84. The summed E-state index contributed by atoms with van der Waals surface area (Å²) in [6.45, 7) is 4.46. The van der Waals surface area contributed by atoms with Gasteiger partial charge < -0.3 is 0 Å². The lowest BCUT2D eigenvalue weighted by Crippen LogP contribution is -2.07. The third-order valence-electron chi connectivity index (χ3n) is 2.46. The van der Waals surface area contributed by atoms with Crippen LogP contribution in [0.1, 0.15) is 58.8 Å². The largest absolute Gasteiger partial charge is 0.240 e. The molecule has 0 amide bonds. The highest BCUT2D eigenvalue weighted by atomic mass is 35.7. The van der Waals surface area contributed by atoms with Crippen molar-refractivity contribution in [3.05, 3.63) is 0 Å². The first kappa shape index (κ1) is 13.8. The Hall–Kier alpha value is 0.797. The molecular formula is C10H22Cl2Si. The van der Waals surface area contributed by atoms with Gasteiger partial charge in [-0.15, -0.1) is 0 Å². The van der Waals surface area contributed by atoms with E-state index in [-0.39, 0.29) is 0 Å².